The van der Waals surface area contributed by atoms with Crippen LogP contribution in [0.4, 0.5) is 0 Å². The number of nitrogens with zero attached hydrogens (tertiary/aromatic N) is 1. The Kier molecular flexibility index (Phi) is 5.10. The summed E-state index contributed by atoms with van der Waals surface area (Å²) in [5.74, 6) is -0.205. The van der Waals surface area contributed by atoms with E-state index in [1.54, 1.807) is 18.2 Å². The van der Waals surface area contributed by atoms with Crippen molar-refractivity contribution in [2.45, 2.75) is 6.61 Å². The molecule has 1 fully saturated rings. The number of hydrogen-bond donors (Lipinski definition) is 1. The van der Waals surface area contributed by atoms with Gasteiger partial charge in [0.1, 0.15) is 17.9 Å². The van der Waals surface area contributed by atoms with Gasteiger partial charge in [0.15, 0.2) is 5.11 Å². The average Bonchev–Trinajstić information content (AvgIpc) is 2.74. The molecule has 1 aliphatic rings. The van der Waals surface area contributed by atoms with Crippen LogP contribution in [0.2, 0.25) is 0 Å². The van der Waals surface area contributed by atoms with E-state index in [2.05, 4.69) is 35.6 Å². The molecular formula is C23H18N2O3S. The molecule has 0 radical (unpaired) electrons. The van der Waals surface area contributed by atoms with Crippen molar-refractivity contribution in [2.75, 3.05) is 7.05 Å². The van der Waals surface area contributed by atoms with E-state index in [4.69, 9.17) is 17.0 Å². The van der Waals surface area contributed by atoms with Crippen LogP contribution in [0.15, 0.2) is 72.3 Å². The normalized spacial score (nSPS) is 15.7. The Morgan fingerprint density at radius 2 is 1.72 bits per heavy atom. The number of carbonyl (C=O) groups is 2. The van der Waals surface area contributed by atoms with Crippen LogP contribution in [-0.2, 0) is 16.2 Å². The van der Waals surface area contributed by atoms with Gasteiger partial charge in [0.05, 0.1) is 0 Å². The van der Waals surface area contributed by atoms with Gasteiger partial charge in [-0.2, -0.15) is 0 Å². The fourth-order valence-electron chi connectivity index (χ4n) is 3.07. The maximum absolute atomic E-state index is 12.3. The SMILES string of the molecule is CN1C(=O)C(=Cc2ccc(OCc3ccc4ccccc4c3)cc2)C(=O)NC1=S. The molecule has 144 valence electrons. The van der Waals surface area contributed by atoms with Gasteiger partial charge in [-0.3, -0.25) is 19.8 Å². The number of hydrogen-bond acceptors (Lipinski definition) is 4. The van der Waals surface area contributed by atoms with E-state index in [9.17, 15) is 9.59 Å². The number of carbonyl (C=O) groups excluding carboxylic acids is 2. The second-order valence-electron chi connectivity index (χ2n) is 6.72. The Balaban J connectivity index is 1.45. The molecule has 3 aromatic rings. The lowest BCUT2D eigenvalue weighted by molar-refractivity contribution is -0.128. The molecule has 6 heteroatoms. The minimum absolute atomic E-state index is 0.0472. The van der Waals surface area contributed by atoms with Gasteiger partial charge in [-0.05, 0) is 58.4 Å². The van der Waals surface area contributed by atoms with E-state index in [0.29, 0.717) is 12.4 Å². The third kappa shape index (κ3) is 4.02. The molecule has 1 saturated heterocycles. The maximum atomic E-state index is 12.3. The Labute approximate surface area is 173 Å². The lowest BCUT2D eigenvalue weighted by Gasteiger charge is -2.25. The lowest BCUT2D eigenvalue weighted by atomic mass is 10.1. The number of rotatable bonds is 4. The zero-order valence-corrected chi connectivity index (χ0v) is 16.5. The fraction of sp³-hybridized carbons (Fsp3) is 0.0870. The third-order valence-electron chi connectivity index (χ3n) is 4.72. The first kappa shape index (κ1) is 18.8. The maximum Gasteiger partial charge on any atom is 0.265 e. The molecule has 2 amide bonds. The highest BCUT2D eigenvalue weighted by molar-refractivity contribution is 7.80. The Hall–Kier alpha value is -3.51. The molecule has 1 aliphatic heterocycles. The predicted molar refractivity (Wildman–Crippen MR) is 116 cm³/mol. The van der Waals surface area contributed by atoms with Crippen LogP contribution in [0, 0.1) is 0 Å². The second-order valence-corrected chi connectivity index (χ2v) is 7.11. The number of fused-ring (bicyclic) bond motifs is 1. The van der Waals surface area contributed by atoms with Crippen molar-refractivity contribution in [2.24, 2.45) is 0 Å². The van der Waals surface area contributed by atoms with E-state index in [0.717, 1.165) is 11.1 Å². The van der Waals surface area contributed by atoms with Crippen molar-refractivity contribution >= 4 is 46.0 Å². The topological polar surface area (TPSA) is 58.6 Å². The zero-order chi connectivity index (χ0) is 20.4. The summed E-state index contributed by atoms with van der Waals surface area (Å²) in [6, 6.07) is 21.7. The van der Waals surface area contributed by atoms with Crippen LogP contribution in [-0.4, -0.2) is 28.9 Å². The van der Waals surface area contributed by atoms with Crippen molar-refractivity contribution < 1.29 is 14.3 Å². The summed E-state index contributed by atoms with van der Waals surface area (Å²) in [4.78, 5) is 25.5. The van der Waals surface area contributed by atoms with Gasteiger partial charge in [0, 0.05) is 7.05 Å². The molecule has 1 N–H and O–H groups in total. The molecule has 1 heterocycles. The smallest absolute Gasteiger partial charge is 0.265 e. The van der Waals surface area contributed by atoms with Gasteiger partial charge < -0.3 is 4.74 Å². The monoisotopic (exact) mass is 402 g/mol. The summed E-state index contributed by atoms with van der Waals surface area (Å²) < 4.78 is 5.87. The molecule has 0 atom stereocenters. The summed E-state index contributed by atoms with van der Waals surface area (Å²) in [6.07, 6.45) is 1.54. The van der Waals surface area contributed by atoms with Crippen LogP contribution >= 0.6 is 12.2 Å². The van der Waals surface area contributed by atoms with E-state index in [1.807, 2.05) is 24.3 Å². The molecule has 29 heavy (non-hydrogen) atoms. The molecule has 0 spiro atoms. The van der Waals surface area contributed by atoms with Crippen LogP contribution < -0.4 is 10.1 Å². The molecule has 0 unspecified atom stereocenters. The lowest BCUT2D eigenvalue weighted by Crippen LogP contribution is -2.52. The van der Waals surface area contributed by atoms with Gasteiger partial charge in [-0.15, -0.1) is 0 Å². The predicted octanol–water partition coefficient (Wildman–Crippen LogP) is 3.68. The molecule has 0 aliphatic carbocycles. The quantitative estimate of drug-likeness (QED) is 0.411. The summed E-state index contributed by atoms with van der Waals surface area (Å²) >= 11 is 4.94. The van der Waals surface area contributed by atoms with Crippen molar-refractivity contribution in [3.05, 3.63) is 83.4 Å². The van der Waals surface area contributed by atoms with Gasteiger partial charge in [0.2, 0.25) is 0 Å². The van der Waals surface area contributed by atoms with Crippen molar-refractivity contribution in [3.8, 4) is 5.75 Å². The third-order valence-corrected chi connectivity index (χ3v) is 5.09. The first-order chi connectivity index (χ1) is 14.0. The van der Waals surface area contributed by atoms with Crippen LogP contribution in [0.1, 0.15) is 11.1 Å². The molecule has 0 bridgehead atoms. The fourth-order valence-corrected chi connectivity index (χ4v) is 3.24. The molecule has 0 aromatic heterocycles. The van der Waals surface area contributed by atoms with Crippen molar-refractivity contribution in [1.29, 1.82) is 0 Å². The van der Waals surface area contributed by atoms with E-state index >= 15 is 0 Å². The standard InChI is InChI=1S/C23H18N2O3S/c1-25-22(27)20(21(26)24-23(25)29)13-15-7-10-19(11-8-15)28-14-16-6-9-17-4-2-3-5-18(17)12-16/h2-13H,14H2,1H3,(H,24,26,29). The molecule has 3 aromatic carbocycles. The summed E-state index contributed by atoms with van der Waals surface area (Å²) in [5.41, 5.74) is 1.85. The Morgan fingerprint density at radius 3 is 2.48 bits per heavy atom. The average molecular weight is 402 g/mol. The number of thiocarbonyl (C=S) groups is 1. The van der Waals surface area contributed by atoms with Crippen molar-refractivity contribution in [1.82, 2.24) is 10.2 Å². The minimum atomic E-state index is -0.491. The first-order valence-corrected chi connectivity index (χ1v) is 9.48. The van der Waals surface area contributed by atoms with Crippen LogP contribution in [0.5, 0.6) is 5.75 Å². The minimum Gasteiger partial charge on any atom is -0.489 e. The summed E-state index contributed by atoms with van der Waals surface area (Å²) in [7, 11) is 1.53. The van der Waals surface area contributed by atoms with Gasteiger partial charge in [0.25, 0.3) is 11.8 Å². The van der Waals surface area contributed by atoms with E-state index < -0.39 is 11.8 Å². The summed E-state index contributed by atoms with van der Waals surface area (Å²) in [5, 5.41) is 4.98. The number of benzene rings is 3. The van der Waals surface area contributed by atoms with E-state index in [-0.39, 0.29) is 10.7 Å². The van der Waals surface area contributed by atoms with Gasteiger partial charge >= 0.3 is 0 Å². The highest BCUT2D eigenvalue weighted by Crippen LogP contribution is 2.20. The molecule has 4 rings (SSSR count). The summed E-state index contributed by atoms with van der Waals surface area (Å²) in [6.45, 7) is 0.453. The number of nitrogens with one attached hydrogen (secondary N) is 1. The molecule has 5 nitrogen and oxygen atoms in total. The highest BCUT2D eigenvalue weighted by Gasteiger charge is 2.30. The van der Waals surface area contributed by atoms with Crippen LogP contribution in [0.3, 0.4) is 0 Å². The number of likely N-dealkylation sites (N-methyl/N-ethyl adjacent to an activating group) is 1. The Bertz CT molecular complexity index is 1150. The zero-order valence-electron chi connectivity index (χ0n) is 15.7. The second kappa shape index (κ2) is 7.85. The van der Waals surface area contributed by atoms with Gasteiger partial charge in [-0.25, -0.2) is 0 Å². The largest absolute Gasteiger partial charge is 0.489 e. The van der Waals surface area contributed by atoms with Crippen molar-refractivity contribution in [3.63, 3.8) is 0 Å². The Morgan fingerprint density at radius 1 is 1.00 bits per heavy atom. The molecule has 0 saturated carbocycles. The number of ether oxygens (including phenoxy) is 1. The van der Waals surface area contributed by atoms with Gasteiger partial charge in [-0.1, -0.05) is 48.5 Å². The highest BCUT2D eigenvalue weighted by atomic mass is 32.1. The van der Waals surface area contributed by atoms with Crippen LogP contribution in [0.25, 0.3) is 16.8 Å². The first-order valence-electron chi connectivity index (χ1n) is 9.07. The van der Waals surface area contributed by atoms with E-state index in [1.165, 1.54) is 22.7 Å². The molecular weight excluding hydrogens is 384 g/mol. The number of amides is 2.